The quantitative estimate of drug-likeness (QED) is 0.688. The highest BCUT2D eigenvalue weighted by Crippen LogP contribution is 2.35. The van der Waals surface area contributed by atoms with Gasteiger partial charge in [-0.2, -0.15) is 0 Å². The van der Waals surface area contributed by atoms with Gasteiger partial charge in [-0.3, -0.25) is 4.79 Å². The number of carbonyl (C=O) groups excluding carboxylic acids is 1. The second-order valence-corrected chi connectivity index (χ2v) is 13.8. The predicted molar refractivity (Wildman–Crippen MR) is 85.7 cm³/mol. The fourth-order valence-corrected chi connectivity index (χ4v) is 3.87. The Morgan fingerprint density at radius 1 is 1.30 bits per heavy atom. The highest BCUT2D eigenvalue weighted by atomic mass is 28.3. The highest BCUT2D eigenvalue weighted by Gasteiger charge is 2.42. The third-order valence-corrected chi connectivity index (χ3v) is 5.96. The molecule has 1 aliphatic rings. The van der Waals surface area contributed by atoms with Crippen molar-refractivity contribution in [2.45, 2.75) is 84.5 Å². The second kappa shape index (κ2) is 6.28. The summed E-state index contributed by atoms with van der Waals surface area (Å²) in [5, 5.41) is 0. The molecule has 0 unspecified atom stereocenters. The third-order valence-electron chi connectivity index (χ3n) is 4.11. The van der Waals surface area contributed by atoms with Crippen LogP contribution in [0.1, 0.15) is 47.0 Å². The minimum Gasteiger partial charge on any atom is -0.350 e. The van der Waals surface area contributed by atoms with Gasteiger partial charge in [-0.25, -0.2) is 0 Å². The maximum absolute atomic E-state index is 12.6. The second-order valence-electron chi connectivity index (χ2n) is 8.20. The van der Waals surface area contributed by atoms with Crippen molar-refractivity contribution in [2.75, 3.05) is 6.61 Å². The number of carbonyl (C=O) groups is 1. The van der Waals surface area contributed by atoms with Crippen molar-refractivity contribution in [3.63, 3.8) is 0 Å². The maximum Gasteiger partial charge on any atom is 0.163 e. The summed E-state index contributed by atoms with van der Waals surface area (Å²) in [7, 11) is -1.05. The summed E-state index contributed by atoms with van der Waals surface area (Å²) in [5.74, 6) is -0.239. The van der Waals surface area contributed by atoms with Crippen LogP contribution in [0.5, 0.6) is 0 Å². The van der Waals surface area contributed by atoms with E-state index in [4.69, 9.17) is 9.47 Å². The Hall–Kier alpha value is -0.193. The van der Waals surface area contributed by atoms with Crippen molar-refractivity contribution in [1.82, 2.24) is 0 Å². The molecule has 1 heterocycles. The van der Waals surface area contributed by atoms with Gasteiger partial charge < -0.3 is 9.47 Å². The SMILES string of the molecule is CC1(C)OCC[C@@H](C(C)(C)C(=O)CCC[Si](C)(C)C)O1. The van der Waals surface area contributed by atoms with Crippen LogP contribution in [-0.2, 0) is 14.3 Å². The van der Waals surface area contributed by atoms with Crippen LogP contribution in [0, 0.1) is 5.41 Å². The van der Waals surface area contributed by atoms with Crippen molar-refractivity contribution < 1.29 is 14.3 Å². The van der Waals surface area contributed by atoms with Gasteiger partial charge in [0.05, 0.1) is 12.7 Å². The number of hydrogen-bond acceptors (Lipinski definition) is 3. The summed E-state index contributed by atoms with van der Waals surface area (Å²) in [4.78, 5) is 12.6. The Morgan fingerprint density at radius 2 is 1.90 bits per heavy atom. The average molecular weight is 301 g/mol. The number of ketones is 1. The molecule has 0 spiro atoms. The van der Waals surface area contributed by atoms with Crippen LogP contribution >= 0.6 is 0 Å². The Bertz CT molecular complexity index is 342. The van der Waals surface area contributed by atoms with Crippen molar-refractivity contribution in [2.24, 2.45) is 5.41 Å². The fourth-order valence-electron chi connectivity index (χ4n) is 2.64. The van der Waals surface area contributed by atoms with Crippen LogP contribution in [0.4, 0.5) is 0 Å². The normalized spacial score (nSPS) is 23.6. The molecule has 0 bridgehead atoms. The molecular weight excluding hydrogens is 268 g/mol. The van der Waals surface area contributed by atoms with E-state index in [1.807, 2.05) is 27.7 Å². The predicted octanol–water partition coefficient (Wildman–Crippen LogP) is 4.24. The minimum atomic E-state index is -1.05. The van der Waals surface area contributed by atoms with Gasteiger partial charge in [0.1, 0.15) is 5.78 Å². The highest BCUT2D eigenvalue weighted by molar-refractivity contribution is 6.76. The van der Waals surface area contributed by atoms with Gasteiger partial charge >= 0.3 is 0 Å². The molecule has 0 aliphatic carbocycles. The molecule has 20 heavy (non-hydrogen) atoms. The Morgan fingerprint density at radius 3 is 2.40 bits per heavy atom. The van der Waals surface area contributed by atoms with E-state index in [-0.39, 0.29) is 6.10 Å². The monoisotopic (exact) mass is 300 g/mol. The molecule has 3 nitrogen and oxygen atoms in total. The van der Waals surface area contributed by atoms with Crippen LogP contribution in [0.25, 0.3) is 0 Å². The zero-order chi connectivity index (χ0) is 15.6. The van der Waals surface area contributed by atoms with Gasteiger partial charge in [0.2, 0.25) is 0 Å². The smallest absolute Gasteiger partial charge is 0.163 e. The van der Waals surface area contributed by atoms with Gasteiger partial charge in [-0.05, 0) is 26.7 Å². The molecule has 0 saturated carbocycles. The molecule has 1 aliphatic heterocycles. The van der Waals surface area contributed by atoms with Crippen molar-refractivity contribution in [3.8, 4) is 0 Å². The first-order chi connectivity index (χ1) is 8.94. The summed E-state index contributed by atoms with van der Waals surface area (Å²) in [6.45, 7) is 15.6. The number of rotatable bonds is 6. The van der Waals surface area contributed by atoms with E-state index in [2.05, 4.69) is 19.6 Å². The Labute approximate surface area is 125 Å². The van der Waals surface area contributed by atoms with E-state index in [0.29, 0.717) is 18.8 Å². The summed E-state index contributed by atoms with van der Waals surface area (Å²) in [5.41, 5.74) is -0.416. The fraction of sp³-hybridized carbons (Fsp3) is 0.938. The van der Waals surface area contributed by atoms with Gasteiger partial charge in [0.15, 0.2) is 5.79 Å². The van der Waals surface area contributed by atoms with E-state index in [0.717, 1.165) is 12.8 Å². The van der Waals surface area contributed by atoms with Crippen LogP contribution < -0.4 is 0 Å². The first-order valence-corrected chi connectivity index (χ1v) is 11.5. The molecule has 1 rings (SSSR count). The number of Topliss-reactive ketones (excluding diaryl/α,β-unsaturated/α-hetero) is 1. The molecule has 0 aromatic carbocycles. The van der Waals surface area contributed by atoms with Crippen molar-refractivity contribution >= 4 is 13.9 Å². The van der Waals surface area contributed by atoms with Crippen LogP contribution in [0.2, 0.25) is 25.7 Å². The van der Waals surface area contributed by atoms with Crippen LogP contribution in [0.3, 0.4) is 0 Å². The van der Waals surface area contributed by atoms with Crippen LogP contribution in [-0.4, -0.2) is 32.4 Å². The lowest BCUT2D eigenvalue weighted by atomic mass is 9.78. The van der Waals surface area contributed by atoms with E-state index >= 15 is 0 Å². The Kier molecular flexibility index (Phi) is 5.61. The third kappa shape index (κ3) is 5.30. The first-order valence-electron chi connectivity index (χ1n) is 7.79. The molecule has 0 aromatic heterocycles. The topological polar surface area (TPSA) is 35.5 Å². The minimum absolute atomic E-state index is 0.0365. The molecule has 0 amide bonds. The lowest BCUT2D eigenvalue weighted by Gasteiger charge is -2.42. The van der Waals surface area contributed by atoms with Crippen molar-refractivity contribution in [1.29, 1.82) is 0 Å². The van der Waals surface area contributed by atoms with Gasteiger partial charge in [0, 0.05) is 19.9 Å². The zero-order valence-corrected chi connectivity index (χ0v) is 15.3. The molecule has 0 radical (unpaired) electrons. The summed E-state index contributed by atoms with van der Waals surface area (Å²) in [6.07, 6.45) is 2.46. The molecule has 118 valence electrons. The number of hydrogen-bond donors (Lipinski definition) is 0. The standard InChI is InChI=1S/C16H32O3Si/c1-15(2,13(17)9-8-12-20(5,6)7)14-10-11-18-16(3,4)19-14/h14H,8-12H2,1-7H3/t14-/m0/s1. The molecule has 1 saturated heterocycles. The molecule has 1 fully saturated rings. The summed E-state index contributed by atoms with van der Waals surface area (Å²) < 4.78 is 11.5. The van der Waals surface area contributed by atoms with Gasteiger partial charge in [-0.1, -0.05) is 39.5 Å². The van der Waals surface area contributed by atoms with Gasteiger partial charge in [0.25, 0.3) is 0 Å². The summed E-state index contributed by atoms with van der Waals surface area (Å²) >= 11 is 0. The van der Waals surface area contributed by atoms with Gasteiger partial charge in [-0.15, -0.1) is 0 Å². The molecule has 0 N–H and O–H groups in total. The molecule has 4 heteroatoms. The maximum atomic E-state index is 12.6. The lowest BCUT2D eigenvalue weighted by molar-refractivity contribution is -0.288. The largest absolute Gasteiger partial charge is 0.350 e. The van der Waals surface area contributed by atoms with Crippen molar-refractivity contribution in [3.05, 3.63) is 0 Å². The zero-order valence-electron chi connectivity index (χ0n) is 14.3. The number of ether oxygens (including phenoxy) is 2. The lowest BCUT2D eigenvalue weighted by Crippen LogP contribution is -2.49. The van der Waals surface area contributed by atoms with E-state index in [9.17, 15) is 4.79 Å². The molecule has 1 atom stereocenters. The van der Waals surface area contributed by atoms with E-state index in [1.54, 1.807) is 0 Å². The van der Waals surface area contributed by atoms with E-state index in [1.165, 1.54) is 6.04 Å². The first kappa shape index (κ1) is 17.9. The molecular formula is C16H32O3Si. The average Bonchev–Trinajstić information content (AvgIpc) is 2.25. The Balaban J connectivity index is 2.56. The van der Waals surface area contributed by atoms with E-state index < -0.39 is 19.3 Å². The summed E-state index contributed by atoms with van der Waals surface area (Å²) in [6, 6.07) is 1.22. The molecule has 0 aromatic rings. The van der Waals surface area contributed by atoms with Crippen LogP contribution in [0.15, 0.2) is 0 Å².